The SMILES string of the molecule is c1ccc(-c2ccc(-c3cc(-c4ccc(-c5ccc(-c6nc7c8cnccc8c8ccccc8c7n6-c6ccccc6)cc5)cc4)nc(-c4ccccc4)n3)cc2)cc1. The Morgan fingerprint density at radius 1 is 0.339 bits per heavy atom. The maximum atomic E-state index is 5.37. The van der Waals surface area contributed by atoms with Gasteiger partial charge in [0.05, 0.1) is 22.4 Å². The van der Waals surface area contributed by atoms with Crippen LogP contribution in [0.2, 0.25) is 0 Å². The molecule has 0 amide bonds. The highest BCUT2D eigenvalue weighted by atomic mass is 15.1. The molecule has 5 nitrogen and oxygen atoms in total. The molecule has 276 valence electrons. The molecule has 0 aliphatic rings. The van der Waals surface area contributed by atoms with Crippen molar-refractivity contribution in [2.75, 3.05) is 0 Å². The van der Waals surface area contributed by atoms with Crippen molar-refractivity contribution < 1.29 is 0 Å². The van der Waals surface area contributed by atoms with Crippen molar-refractivity contribution in [3.63, 3.8) is 0 Å². The number of hydrogen-bond donors (Lipinski definition) is 0. The molecular weight excluding hydrogens is 719 g/mol. The predicted molar refractivity (Wildman–Crippen MR) is 242 cm³/mol. The van der Waals surface area contributed by atoms with Crippen LogP contribution in [0.3, 0.4) is 0 Å². The van der Waals surface area contributed by atoms with Crippen LogP contribution in [0.4, 0.5) is 0 Å². The Kier molecular flexibility index (Phi) is 8.41. The van der Waals surface area contributed by atoms with E-state index in [4.69, 9.17) is 15.0 Å². The molecule has 3 heterocycles. The number of benzene rings is 8. The second-order valence-corrected chi connectivity index (χ2v) is 14.7. The quantitative estimate of drug-likeness (QED) is 0.152. The molecular formula is C54H35N5. The van der Waals surface area contributed by atoms with Crippen molar-refractivity contribution >= 4 is 32.6 Å². The molecule has 0 aliphatic heterocycles. The molecule has 0 aliphatic carbocycles. The predicted octanol–water partition coefficient (Wildman–Crippen LogP) is 13.5. The third-order valence-electron chi connectivity index (χ3n) is 11.1. The zero-order valence-electron chi connectivity index (χ0n) is 31.9. The first kappa shape index (κ1) is 34.2. The molecule has 59 heavy (non-hydrogen) atoms. The van der Waals surface area contributed by atoms with E-state index in [-0.39, 0.29) is 0 Å². The van der Waals surface area contributed by atoms with Gasteiger partial charge in [0.25, 0.3) is 0 Å². The first-order valence-electron chi connectivity index (χ1n) is 19.8. The van der Waals surface area contributed by atoms with Gasteiger partial charge in [-0.3, -0.25) is 9.55 Å². The van der Waals surface area contributed by atoms with Gasteiger partial charge in [-0.25, -0.2) is 15.0 Å². The molecule has 0 fully saturated rings. The minimum atomic E-state index is 0.698. The molecule has 0 N–H and O–H groups in total. The van der Waals surface area contributed by atoms with Crippen LogP contribution >= 0.6 is 0 Å². The van der Waals surface area contributed by atoms with Gasteiger partial charge in [0.1, 0.15) is 5.82 Å². The number of imidazole rings is 1. The minimum Gasteiger partial charge on any atom is -0.292 e. The molecule has 0 unspecified atom stereocenters. The van der Waals surface area contributed by atoms with Crippen LogP contribution in [0.15, 0.2) is 213 Å². The highest BCUT2D eigenvalue weighted by Gasteiger charge is 2.20. The fourth-order valence-corrected chi connectivity index (χ4v) is 8.19. The Balaban J connectivity index is 0.959. The Labute approximate surface area is 341 Å². The van der Waals surface area contributed by atoms with Gasteiger partial charge < -0.3 is 0 Å². The zero-order chi connectivity index (χ0) is 39.1. The second kappa shape index (κ2) is 14.5. The number of hydrogen-bond acceptors (Lipinski definition) is 4. The number of rotatable bonds is 7. The van der Waals surface area contributed by atoms with Crippen molar-refractivity contribution in [2.24, 2.45) is 0 Å². The van der Waals surface area contributed by atoms with Gasteiger partial charge in [-0.05, 0) is 57.3 Å². The highest BCUT2D eigenvalue weighted by molar-refractivity contribution is 6.24. The maximum absolute atomic E-state index is 5.37. The molecule has 11 aromatic rings. The van der Waals surface area contributed by atoms with Crippen LogP contribution in [0.25, 0.3) is 106 Å². The largest absolute Gasteiger partial charge is 0.292 e. The summed E-state index contributed by atoms with van der Waals surface area (Å²) in [6.07, 6.45) is 3.80. The zero-order valence-corrected chi connectivity index (χ0v) is 31.9. The lowest BCUT2D eigenvalue weighted by Crippen LogP contribution is -1.98. The summed E-state index contributed by atoms with van der Waals surface area (Å²) in [4.78, 5) is 20.0. The number of fused-ring (bicyclic) bond motifs is 6. The van der Waals surface area contributed by atoms with Crippen molar-refractivity contribution in [3.05, 3.63) is 213 Å². The van der Waals surface area contributed by atoms with Crippen LogP contribution < -0.4 is 0 Å². The van der Waals surface area contributed by atoms with E-state index in [0.29, 0.717) is 5.82 Å². The smallest absolute Gasteiger partial charge is 0.160 e. The Bertz CT molecular complexity index is 3270. The lowest BCUT2D eigenvalue weighted by molar-refractivity contribution is 1.11. The minimum absolute atomic E-state index is 0.698. The van der Waals surface area contributed by atoms with Crippen LogP contribution in [0.5, 0.6) is 0 Å². The van der Waals surface area contributed by atoms with E-state index in [1.165, 1.54) is 16.5 Å². The average molecular weight is 754 g/mol. The van der Waals surface area contributed by atoms with Crippen molar-refractivity contribution in [1.29, 1.82) is 0 Å². The van der Waals surface area contributed by atoms with Crippen molar-refractivity contribution in [3.8, 4) is 73.2 Å². The van der Waals surface area contributed by atoms with E-state index in [1.807, 2.05) is 36.7 Å². The topological polar surface area (TPSA) is 56.5 Å². The van der Waals surface area contributed by atoms with E-state index >= 15 is 0 Å². The van der Waals surface area contributed by atoms with Gasteiger partial charge in [0, 0.05) is 51.1 Å². The molecule has 0 atom stereocenters. The molecule has 0 saturated heterocycles. The third kappa shape index (κ3) is 6.22. The Hall–Kier alpha value is -8.02. The Morgan fingerprint density at radius 2 is 0.797 bits per heavy atom. The molecule has 5 heteroatoms. The second-order valence-electron chi connectivity index (χ2n) is 14.7. The standard InChI is InChI=1S/C54H35N5/c1-4-12-36(13-5-1)37-20-26-40(27-21-37)49-34-50(57-53(56-49)42-14-6-2-7-15-42)41-28-22-38(23-29-41)39-24-30-43(31-25-39)54-58-51-48-35-55-33-32-46(48)45-18-10-11-19-47(45)52(51)59(54)44-16-8-3-9-17-44/h1-35H. The van der Waals surface area contributed by atoms with E-state index in [0.717, 1.165) is 83.5 Å². The summed E-state index contributed by atoms with van der Waals surface area (Å²) in [6, 6.07) is 69.9. The first-order valence-corrected chi connectivity index (χ1v) is 19.8. The number of para-hydroxylation sites is 1. The molecule has 3 aromatic heterocycles. The monoisotopic (exact) mass is 753 g/mol. The molecule has 8 aromatic carbocycles. The van der Waals surface area contributed by atoms with E-state index in [9.17, 15) is 0 Å². The van der Waals surface area contributed by atoms with Gasteiger partial charge >= 0.3 is 0 Å². The van der Waals surface area contributed by atoms with Crippen molar-refractivity contribution in [1.82, 2.24) is 24.5 Å². The van der Waals surface area contributed by atoms with E-state index < -0.39 is 0 Å². The van der Waals surface area contributed by atoms with E-state index in [2.05, 4.69) is 185 Å². The lowest BCUT2D eigenvalue weighted by atomic mass is 10.00. The normalized spacial score (nSPS) is 11.4. The molecule has 0 saturated carbocycles. The number of pyridine rings is 1. The van der Waals surface area contributed by atoms with Gasteiger partial charge in [-0.2, -0.15) is 0 Å². The molecule has 0 bridgehead atoms. The van der Waals surface area contributed by atoms with Gasteiger partial charge in [-0.15, -0.1) is 0 Å². The van der Waals surface area contributed by atoms with Gasteiger partial charge in [0.15, 0.2) is 5.82 Å². The van der Waals surface area contributed by atoms with Crippen LogP contribution in [-0.4, -0.2) is 24.5 Å². The fourth-order valence-electron chi connectivity index (χ4n) is 8.19. The summed E-state index contributed by atoms with van der Waals surface area (Å²) in [7, 11) is 0. The van der Waals surface area contributed by atoms with Crippen LogP contribution in [0, 0.1) is 0 Å². The van der Waals surface area contributed by atoms with Crippen molar-refractivity contribution in [2.45, 2.75) is 0 Å². The average Bonchev–Trinajstić information content (AvgIpc) is 3.74. The van der Waals surface area contributed by atoms with Crippen LogP contribution in [0.1, 0.15) is 0 Å². The molecule has 11 rings (SSSR count). The summed E-state index contributed by atoms with van der Waals surface area (Å²) in [5.74, 6) is 1.58. The van der Waals surface area contributed by atoms with Crippen LogP contribution in [-0.2, 0) is 0 Å². The van der Waals surface area contributed by atoms with E-state index in [1.54, 1.807) is 0 Å². The summed E-state index contributed by atoms with van der Waals surface area (Å²) in [6.45, 7) is 0. The third-order valence-corrected chi connectivity index (χ3v) is 11.1. The summed E-state index contributed by atoms with van der Waals surface area (Å²) in [5.41, 5.74) is 13.5. The summed E-state index contributed by atoms with van der Waals surface area (Å²) < 4.78 is 2.30. The van der Waals surface area contributed by atoms with Gasteiger partial charge in [0.2, 0.25) is 0 Å². The highest BCUT2D eigenvalue weighted by Crippen LogP contribution is 2.39. The first-order chi connectivity index (χ1) is 29.2. The Morgan fingerprint density at radius 3 is 1.39 bits per heavy atom. The number of aromatic nitrogens is 5. The maximum Gasteiger partial charge on any atom is 0.160 e. The number of nitrogens with zero attached hydrogens (tertiary/aromatic N) is 5. The molecule has 0 radical (unpaired) electrons. The molecule has 0 spiro atoms. The summed E-state index contributed by atoms with van der Waals surface area (Å²) in [5, 5.41) is 4.54. The lowest BCUT2D eigenvalue weighted by Gasteiger charge is -2.13. The van der Waals surface area contributed by atoms with Gasteiger partial charge in [-0.1, -0.05) is 176 Å². The fraction of sp³-hybridized carbons (Fsp3) is 0. The summed E-state index contributed by atoms with van der Waals surface area (Å²) >= 11 is 0.